The highest BCUT2D eigenvalue weighted by Gasteiger charge is 2.84. The van der Waals surface area contributed by atoms with E-state index in [9.17, 15) is 15.3 Å². The number of methoxy groups -OCH3 is 2. The minimum Gasteiger partial charge on any atom is -0.392 e. The van der Waals surface area contributed by atoms with Gasteiger partial charge in [-0.2, -0.15) is 0 Å². The van der Waals surface area contributed by atoms with Gasteiger partial charge in [0.1, 0.15) is 0 Å². The van der Waals surface area contributed by atoms with E-state index in [1.165, 1.54) is 0 Å². The van der Waals surface area contributed by atoms with E-state index >= 15 is 0 Å². The number of aliphatic hydroxyl groups is 3. The summed E-state index contributed by atoms with van der Waals surface area (Å²) >= 11 is 0. The number of fused-ring (bicyclic) bond motifs is 2. The summed E-state index contributed by atoms with van der Waals surface area (Å²) in [5.41, 5.74) is -1.13. The highest BCUT2D eigenvalue weighted by Crippen LogP contribution is 2.78. The van der Waals surface area contributed by atoms with Crippen LogP contribution in [0.25, 0.3) is 0 Å². The Morgan fingerprint density at radius 3 is 2.55 bits per heavy atom. The van der Waals surface area contributed by atoms with Gasteiger partial charge in [0.15, 0.2) is 0 Å². The van der Waals surface area contributed by atoms with Gasteiger partial charge in [0.05, 0.1) is 30.0 Å². The van der Waals surface area contributed by atoms with E-state index in [-0.39, 0.29) is 52.8 Å². The molecule has 6 heteroatoms. The van der Waals surface area contributed by atoms with E-state index in [1.54, 1.807) is 14.2 Å². The van der Waals surface area contributed by atoms with Crippen molar-refractivity contribution in [3.8, 4) is 0 Å². The number of hydrogen-bond acceptors (Lipinski definition) is 6. The summed E-state index contributed by atoms with van der Waals surface area (Å²) < 4.78 is 11.8. The SMILES string of the molecule is CCN1C[C@]2(C)CC[C@H](O)[C@@]34[C@@H]5[C@@H](O)[C@H]6[C@H](OC)[C@@H]5[C@](O)(C[C@@H]6OC)[C@@H](C[C@H]23)[C@@H]14. The zero-order chi connectivity index (χ0) is 20.5. The molecule has 1 saturated heterocycles. The van der Waals surface area contributed by atoms with E-state index < -0.39 is 17.8 Å². The molecule has 164 valence electrons. The van der Waals surface area contributed by atoms with Crippen LogP contribution in [-0.4, -0.2) is 83.6 Å². The van der Waals surface area contributed by atoms with E-state index in [0.717, 1.165) is 32.4 Å². The van der Waals surface area contributed by atoms with Crippen LogP contribution in [0.1, 0.15) is 39.5 Å². The second-order valence-electron chi connectivity index (χ2n) is 11.4. The second kappa shape index (κ2) is 5.76. The van der Waals surface area contributed by atoms with Gasteiger partial charge in [0.2, 0.25) is 0 Å². The van der Waals surface area contributed by atoms with Crippen molar-refractivity contribution < 1.29 is 24.8 Å². The van der Waals surface area contributed by atoms with E-state index in [1.807, 2.05) is 0 Å². The van der Waals surface area contributed by atoms with Crippen molar-refractivity contribution in [2.45, 2.75) is 75.6 Å². The quantitative estimate of drug-likeness (QED) is 0.644. The van der Waals surface area contributed by atoms with Crippen molar-refractivity contribution in [2.24, 2.45) is 40.4 Å². The highest BCUT2D eigenvalue weighted by molar-refractivity contribution is 5.34. The molecule has 6 rings (SSSR count). The number of likely N-dealkylation sites (tertiary alicyclic amines) is 1. The molecule has 0 aromatic rings. The first-order chi connectivity index (χ1) is 13.8. The molecular formula is C23H37NO5. The maximum absolute atomic E-state index is 12.4. The number of rotatable bonds is 3. The third-order valence-corrected chi connectivity index (χ3v) is 11.0. The summed E-state index contributed by atoms with van der Waals surface area (Å²) in [6.07, 6.45) is 1.89. The van der Waals surface area contributed by atoms with Crippen LogP contribution in [-0.2, 0) is 9.47 Å². The zero-order valence-corrected chi connectivity index (χ0v) is 18.1. The molecule has 6 aliphatic rings. The number of ether oxygens (including phenoxy) is 2. The Morgan fingerprint density at radius 2 is 1.90 bits per heavy atom. The van der Waals surface area contributed by atoms with Crippen LogP contribution in [0.15, 0.2) is 0 Å². The molecule has 3 N–H and O–H groups in total. The maximum Gasteiger partial charge on any atom is 0.0772 e. The largest absolute Gasteiger partial charge is 0.392 e. The van der Waals surface area contributed by atoms with Crippen LogP contribution >= 0.6 is 0 Å². The maximum atomic E-state index is 12.4. The molecule has 0 aromatic heterocycles. The Bertz CT molecular complexity index is 719. The predicted molar refractivity (Wildman–Crippen MR) is 106 cm³/mol. The van der Waals surface area contributed by atoms with E-state index in [4.69, 9.17) is 9.47 Å². The molecule has 0 aromatic carbocycles. The Hall–Kier alpha value is -0.240. The standard InChI is InChI=1S/C23H37NO5/c1-5-24-10-21(2)7-6-14(25)23-13(21)8-11(20(23)24)22(27)9-12(28-3)15-18(26)16(23)17(22)19(15)29-4/h11-20,25-27H,5-10H2,1-4H3/t11-,12-,13+,14-,15-,16-,17+,18-,19-,20+,21-,22-,23+/m0/s1. The van der Waals surface area contributed by atoms with Crippen molar-refractivity contribution in [3.63, 3.8) is 0 Å². The lowest BCUT2D eigenvalue weighted by Gasteiger charge is -2.68. The van der Waals surface area contributed by atoms with Crippen molar-refractivity contribution in [1.82, 2.24) is 4.90 Å². The number of piperidine rings is 1. The van der Waals surface area contributed by atoms with Gasteiger partial charge in [-0.3, -0.25) is 4.90 Å². The third kappa shape index (κ3) is 1.85. The normalized spacial score (nSPS) is 65.1. The topological polar surface area (TPSA) is 82.4 Å². The molecule has 13 atom stereocenters. The minimum atomic E-state index is -0.911. The molecule has 0 amide bonds. The fraction of sp³-hybridized carbons (Fsp3) is 1.00. The van der Waals surface area contributed by atoms with Crippen LogP contribution < -0.4 is 0 Å². The van der Waals surface area contributed by atoms with Crippen molar-refractivity contribution in [1.29, 1.82) is 0 Å². The smallest absolute Gasteiger partial charge is 0.0772 e. The minimum absolute atomic E-state index is 0.102. The first kappa shape index (κ1) is 19.4. The Kier molecular flexibility index (Phi) is 3.86. The molecule has 6 nitrogen and oxygen atoms in total. The van der Waals surface area contributed by atoms with Gasteiger partial charge in [-0.05, 0) is 37.1 Å². The number of hydrogen-bond donors (Lipinski definition) is 3. The first-order valence-electron chi connectivity index (χ1n) is 11.7. The molecule has 6 fully saturated rings. The highest BCUT2D eigenvalue weighted by atomic mass is 16.5. The van der Waals surface area contributed by atoms with Crippen LogP contribution in [0, 0.1) is 40.4 Å². The van der Waals surface area contributed by atoms with Crippen LogP contribution in [0.4, 0.5) is 0 Å². The summed E-state index contributed by atoms with van der Waals surface area (Å²) in [7, 11) is 3.40. The molecular weight excluding hydrogens is 370 g/mol. The molecule has 29 heavy (non-hydrogen) atoms. The van der Waals surface area contributed by atoms with Gasteiger partial charge in [0, 0.05) is 62.3 Å². The Morgan fingerprint density at radius 1 is 1.14 bits per heavy atom. The average molecular weight is 408 g/mol. The molecule has 1 spiro atoms. The number of nitrogens with zero attached hydrogens (tertiary/aromatic N) is 1. The fourth-order valence-electron chi connectivity index (χ4n) is 10.4. The van der Waals surface area contributed by atoms with Gasteiger partial charge < -0.3 is 24.8 Å². The monoisotopic (exact) mass is 407 g/mol. The fourth-order valence-corrected chi connectivity index (χ4v) is 10.4. The van der Waals surface area contributed by atoms with Gasteiger partial charge in [-0.25, -0.2) is 0 Å². The number of aliphatic hydroxyl groups excluding tert-OH is 2. The van der Waals surface area contributed by atoms with Gasteiger partial charge in [0.25, 0.3) is 0 Å². The lowest BCUT2D eigenvalue weighted by Crippen LogP contribution is -2.76. The van der Waals surface area contributed by atoms with Gasteiger partial charge in [-0.15, -0.1) is 0 Å². The summed E-state index contributed by atoms with van der Waals surface area (Å²) in [5.74, 6) is 0.0531. The molecule has 1 aliphatic heterocycles. The van der Waals surface area contributed by atoms with E-state index in [2.05, 4.69) is 18.7 Å². The molecule has 5 saturated carbocycles. The second-order valence-corrected chi connectivity index (χ2v) is 11.4. The van der Waals surface area contributed by atoms with Crippen LogP contribution in [0.2, 0.25) is 0 Å². The summed E-state index contributed by atoms with van der Waals surface area (Å²) in [6, 6.07) is 0.133. The predicted octanol–water partition coefficient (Wildman–Crippen LogP) is 0.876. The third-order valence-electron chi connectivity index (χ3n) is 11.0. The zero-order valence-electron chi connectivity index (χ0n) is 18.1. The van der Waals surface area contributed by atoms with Crippen molar-refractivity contribution in [2.75, 3.05) is 27.3 Å². The lowest BCUT2D eigenvalue weighted by atomic mass is 9.43. The Labute approximate surface area is 173 Å². The molecule has 5 aliphatic carbocycles. The Balaban J connectivity index is 1.62. The summed E-state index contributed by atoms with van der Waals surface area (Å²) in [6.45, 7) is 6.57. The molecule has 1 heterocycles. The molecule has 7 bridgehead atoms. The molecule has 0 unspecified atom stereocenters. The van der Waals surface area contributed by atoms with Gasteiger partial charge >= 0.3 is 0 Å². The average Bonchev–Trinajstić information content (AvgIpc) is 3.11. The lowest BCUT2D eigenvalue weighted by molar-refractivity contribution is -0.273. The van der Waals surface area contributed by atoms with Crippen LogP contribution in [0.3, 0.4) is 0 Å². The van der Waals surface area contributed by atoms with Gasteiger partial charge in [-0.1, -0.05) is 13.8 Å². The summed E-state index contributed by atoms with van der Waals surface area (Å²) in [5, 5.41) is 35.8. The molecule has 0 radical (unpaired) electrons. The summed E-state index contributed by atoms with van der Waals surface area (Å²) in [4.78, 5) is 2.55. The first-order valence-corrected chi connectivity index (χ1v) is 11.7. The van der Waals surface area contributed by atoms with E-state index in [0.29, 0.717) is 12.3 Å². The van der Waals surface area contributed by atoms with Crippen molar-refractivity contribution in [3.05, 3.63) is 0 Å². The van der Waals surface area contributed by atoms with Crippen LogP contribution in [0.5, 0.6) is 0 Å². The van der Waals surface area contributed by atoms with Crippen molar-refractivity contribution >= 4 is 0 Å².